The van der Waals surface area contributed by atoms with Crippen molar-refractivity contribution in [2.75, 3.05) is 32.7 Å². The number of carbonyl (C=O) groups is 1. The maximum Gasteiger partial charge on any atom is 0.407 e. The highest BCUT2D eigenvalue weighted by molar-refractivity contribution is 6.37. The third-order valence-electron chi connectivity index (χ3n) is 5.10. The molecule has 3 N–H and O–H groups in total. The van der Waals surface area contributed by atoms with Gasteiger partial charge in [-0.15, -0.1) is 0 Å². The van der Waals surface area contributed by atoms with Crippen molar-refractivity contribution in [1.29, 1.82) is 0 Å². The maximum absolute atomic E-state index is 12.0. The van der Waals surface area contributed by atoms with Crippen molar-refractivity contribution in [3.05, 3.63) is 59.5 Å². The zero-order valence-electron chi connectivity index (χ0n) is 17.8. The van der Waals surface area contributed by atoms with Crippen LogP contribution >= 0.6 is 11.6 Å². The van der Waals surface area contributed by atoms with Crippen LogP contribution in [0.2, 0.25) is 0 Å². The first-order valence-electron chi connectivity index (χ1n) is 10.2. The Balaban J connectivity index is 1.55. The van der Waals surface area contributed by atoms with E-state index in [0.29, 0.717) is 35.1 Å². The van der Waals surface area contributed by atoms with Crippen molar-refractivity contribution < 1.29 is 14.3 Å². The largest absolute Gasteiger partial charge is 0.447 e. The SMILES string of the molecule is CNc1ccc(-c2cnc3nc(C4=CC(NC(=O)OCCOC)CC=C4Cl)[nH]c3c2)cc1. The number of methoxy groups -OCH3 is 1. The van der Waals surface area contributed by atoms with E-state index < -0.39 is 6.09 Å². The molecule has 2 heterocycles. The third kappa shape index (κ3) is 4.92. The van der Waals surface area contributed by atoms with Crippen LogP contribution in [0.3, 0.4) is 0 Å². The van der Waals surface area contributed by atoms with Gasteiger partial charge in [-0.05, 0) is 36.3 Å². The lowest BCUT2D eigenvalue weighted by atomic mass is 10.0. The Hall–Kier alpha value is -3.36. The van der Waals surface area contributed by atoms with E-state index in [-0.39, 0.29) is 12.6 Å². The molecule has 166 valence electrons. The van der Waals surface area contributed by atoms with Crippen LogP contribution < -0.4 is 10.6 Å². The quantitative estimate of drug-likeness (QED) is 0.460. The normalized spacial score (nSPS) is 15.8. The molecular weight excluding hydrogens is 430 g/mol. The molecule has 0 saturated carbocycles. The molecule has 1 aliphatic rings. The van der Waals surface area contributed by atoms with Gasteiger partial charge in [0.1, 0.15) is 12.4 Å². The highest BCUT2D eigenvalue weighted by atomic mass is 35.5. The summed E-state index contributed by atoms with van der Waals surface area (Å²) in [5.74, 6) is 0.593. The van der Waals surface area contributed by atoms with Gasteiger partial charge in [-0.1, -0.05) is 29.8 Å². The summed E-state index contributed by atoms with van der Waals surface area (Å²) in [5, 5.41) is 6.49. The summed E-state index contributed by atoms with van der Waals surface area (Å²) >= 11 is 6.45. The Morgan fingerprint density at radius 2 is 2.06 bits per heavy atom. The molecule has 0 radical (unpaired) electrons. The number of imidazole rings is 1. The number of aromatic amines is 1. The van der Waals surface area contributed by atoms with Crippen LogP contribution in [-0.2, 0) is 9.47 Å². The standard InChI is InChI=1S/C23H24ClN5O3/c1-25-16-5-3-14(4-6-16)15-11-20-22(26-13-15)29-21(28-20)18-12-17(7-8-19(18)24)27-23(30)32-10-9-31-2/h3-6,8,11-13,17,25H,7,9-10H2,1-2H3,(H,27,30)(H,26,28,29). The molecule has 0 aliphatic heterocycles. The zero-order chi connectivity index (χ0) is 22.5. The summed E-state index contributed by atoms with van der Waals surface area (Å²) in [6, 6.07) is 9.86. The smallest absolute Gasteiger partial charge is 0.407 e. The number of allylic oxidation sites excluding steroid dienone is 2. The second kappa shape index (κ2) is 9.84. The Kier molecular flexibility index (Phi) is 6.72. The first-order valence-corrected chi connectivity index (χ1v) is 10.6. The van der Waals surface area contributed by atoms with E-state index in [1.165, 1.54) is 0 Å². The molecule has 0 saturated heterocycles. The molecule has 3 aromatic rings. The van der Waals surface area contributed by atoms with Gasteiger partial charge in [-0.25, -0.2) is 14.8 Å². The van der Waals surface area contributed by atoms with Crippen molar-refractivity contribution in [1.82, 2.24) is 20.3 Å². The summed E-state index contributed by atoms with van der Waals surface area (Å²) in [6.07, 6.45) is 5.58. The number of amides is 1. The predicted octanol–water partition coefficient (Wildman–Crippen LogP) is 4.32. The molecule has 2 aromatic heterocycles. The summed E-state index contributed by atoms with van der Waals surface area (Å²) in [5.41, 5.74) is 5.18. The average molecular weight is 454 g/mol. The van der Waals surface area contributed by atoms with Gasteiger partial charge in [0.2, 0.25) is 0 Å². The summed E-state index contributed by atoms with van der Waals surface area (Å²) in [6.45, 7) is 0.538. The Bertz CT molecular complexity index is 1170. The first-order chi connectivity index (χ1) is 15.6. The minimum atomic E-state index is -0.505. The van der Waals surface area contributed by atoms with Crippen molar-refractivity contribution in [3.8, 4) is 11.1 Å². The topological polar surface area (TPSA) is 101 Å². The lowest BCUT2D eigenvalue weighted by Gasteiger charge is -2.19. The average Bonchev–Trinajstić information content (AvgIpc) is 3.24. The van der Waals surface area contributed by atoms with Crippen LogP contribution in [0.5, 0.6) is 0 Å². The lowest BCUT2D eigenvalue weighted by molar-refractivity contribution is 0.0974. The highest BCUT2D eigenvalue weighted by Gasteiger charge is 2.21. The number of alkyl carbamates (subject to hydrolysis) is 1. The van der Waals surface area contributed by atoms with Gasteiger partial charge < -0.3 is 25.1 Å². The van der Waals surface area contributed by atoms with E-state index in [1.54, 1.807) is 13.3 Å². The summed E-state index contributed by atoms with van der Waals surface area (Å²) in [7, 11) is 3.44. The molecule has 1 aromatic carbocycles. The number of pyridine rings is 1. The fourth-order valence-electron chi connectivity index (χ4n) is 3.41. The van der Waals surface area contributed by atoms with Gasteiger partial charge in [0.15, 0.2) is 5.65 Å². The number of halogens is 1. The number of carbonyl (C=O) groups excluding carboxylic acids is 1. The Labute approximate surface area is 190 Å². The molecule has 4 rings (SSSR count). The number of nitrogens with zero attached hydrogens (tertiary/aromatic N) is 2. The fraction of sp³-hybridized carbons (Fsp3) is 0.261. The molecular formula is C23H24ClN5O3. The van der Waals surface area contributed by atoms with Crippen molar-refractivity contribution in [3.63, 3.8) is 0 Å². The van der Waals surface area contributed by atoms with Gasteiger partial charge in [-0.2, -0.15) is 0 Å². The van der Waals surface area contributed by atoms with Gasteiger partial charge in [0.25, 0.3) is 0 Å². The summed E-state index contributed by atoms with van der Waals surface area (Å²) < 4.78 is 9.96. The second-order valence-corrected chi connectivity index (χ2v) is 7.66. The lowest BCUT2D eigenvalue weighted by Crippen LogP contribution is -2.35. The van der Waals surface area contributed by atoms with Crippen molar-refractivity contribution >= 4 is 40.1 Å². The van der Waals surface area contributed by atoms with E-state index in [1.807, 2.05) is 49.5 Å². The number of nitrogens with one attached hydrogen (secondary N) is 3. The monoisotopic (exact) mass is 453 g/mol. The molecule has 0 spiro atoms. The Morgan fingerprint density at radius 3 is 2.81 bits per heavy atom. The minimum absolute atomic E-state index is 0.192. The van der Waals surface area contributed by atoms with E-state index in [4.69, 9.17) is 21.1 Å². The Morgan fingerprint density at radius 1 is 1.25 bits per heavy atom. The number of aromatic nitrogens is 3. The number of hydrogen-bond acceptors (Lipinski definition) is 6. The maximum atomic E-state index is 12.0. The first kappa shape index (κ1) is 21.9. The molecule has 1 amide bonds. The number of hydrogen-bond donors (Lipinski definition) is 3. The van der Waals surface area contributed by atoms with Crippen LogP contribution in [0.1, 0.15) is 12.2 Å². The van der Waals surface area contributed by atoms with Gasteiger partial charge in [-0.3, -0.25) is 0 Å². The third-order valence-corrected chi connectivity index (χ3v) is 5.46. The number of anilines is 1. The van der Waals surface area contributed by atoms with E-state index in [2.05, 4.69) is 25.6 Å². The molecule has 1 unspecified atom stereocenters. The fourth-order valence-corrected chi connectivity index (χ4v) is 3.65. The molecule has 8 nitrogen and oxygen atoms in total. The van der Waals surface area contributed by atoms with Crippen LogP contribution in [-0.4, -0.2) is 54.5 Å². The van der Waals surface area contributed by atoms with E-state index in [9.17, 15) is 4.79 Å². The highest BCUT2D eigenvalue weighted by Crippen LogP contribution is 2.31. The summed E-state index contributed by atoms with van der Waals surface area (Å²) in [4.78, 5) is 24.4. The van der Waals surface area contributed by atoms with E-state index in [0.717, 1.165) is 22.3 Å². The molecule has 1 atom stereocenters. The van der Waals surface area contributed by atoms with Crippen molar-refractivity contribution in [2.24, 2.45) is 0 Å². The number of fused-ring (bicyclic) bond motifs is 1. The van der Waals surface area contributed by atoms with E-state index >= 15 is 0 Å². The minimum Gasteiger partial charge on any atom is -0.447 e. The molecule has 0 bridgehead atoms. The number of rotatable bonds is 7. The molecule has 0 fully saturated rings. The van der Waals surface area contributed by atoms with Gasteiger partial charge in [0.05, 0.1) is 18.2 Å². The van der Waals surface area contributed by atoms with Gasteiger partial charge in [0, 0.05) is 42.2 Å². The van der Waals surface area contributed by atoms with Crippen LogP contribution in [0.4, 0.5) is 10.5 Å². The number of benzene rings is 1. The van der Waals surface area contributed by atoms with Crippen molar-refractivity contribution in [2.45, 2.75) is 12.5 Å². The molecule has 9 heteroatoms. The second-order valence-electron chi connectivity index (χ2n) is 7.26. The predicted molar refractivity (Wildman–Crippen MR) is 126 cm³/mol. The number of ether oxygens (including phenoxy) is 2. The molecule has 32 heavy (non-hydrogen) atoms. The van der Waals surface area contributed by atoms with Crippen LogP contribution in [0, 0.1) is 0 Å². The van der Waals surface area contributed by atoms with Gasteiger partial charge >= 0.3 is 6.09 Å². The number of H-pyrrole nitrogens is 1. The van der Waals surface area contributed by atoms with Crippen LogP contribution in [0.25, 0.3) is 27.9 Å². The molecule has 1 aliphatic carbocycles. The van der Waals surface area contributed by atoms with Crippen LogP contribution in [0.15, 0.2) is 53.7 Å². The zero-order valence-corrected chi connectivity index (χ0v) is 18.6.